The SMILES string of the molecule is Cc1ccc2c(c1)C(C(C)C)c1cc(C)ccc1CC2. The second kappa shape index (κ2) is 5.09. The van der Waals surface area contributed by atoms with Gasteiger partial charge in [0.2, 0.25) is 0 Å². The molecule has 20 heavy (non-hydrogen) atoms. The van der Waals surface area contributed by atoms with E-state index in [1.165, 1.54) is 24.0 Å². The summed E-state index contributed by atoms with van der Waals surface area (Å²) in [5.41, 5.74) is 8.97. The molecule has 1 aliphatic carbocycles. The van der Waals surface area contributed by atoms with Crippen LogP contribution in [0.1, 0.15) is 53.1 Å². The van der Waals surface area contributed by atoms with Crippen molar-refractivity contribution in [2.45, 2.75) is 46.5 Å². The van der Waals surface area contributed by atoms with Crippen molar-refractivity contribution in [2.75, 3.05) is 0 Å². The highest BCUT2D eigenvalue weighted by Gasteiger charge is 2.26. The van der Waals surface area contributed by atoms with E-state index in [1.54, 1.807) is 22.3 Å². The molecule has 3 rings (SSSR count). The van der Waals surface area contributed by atoms with Crippen LogP contribution < -0.4 is 0 Å². The zero-order valence-corrected chi connectivity index (χ0v) is 13.0. The van der Waals surface area contributed by atoms with Crippen molar-refractivity contribution in [3.05, 3.63) is 69.8 Å². The number of rotatable bonds is 1. The minimum Gasteiger partial charge on any atom is -0.0619 e. The highest BCUT2D eigenvalue weighted by Crippen LogP contribution is 2.39. The van der Waals surface area contributed by atoms with Gasteiger partial charge in [-0.05, 0) is 54.9 Å². The molecule has 0 saturated heterocycles. The largest absolute Gasteiger partial charge is 0.0619 e. The van der Waals surface area contributed by atoms with Gasteiger partial charge in [0.25, 0.3) is 0 Å². The van der Waals surface area contributed by atoms with Crippen molar-refractivity contribution in [1.29, 1.82) is 0 Å². The summed E-state index contributed by atoms with van der Waals surface area (Å²) in [5, 5.41) is 0. The van der Waals surface area contributed by atoms with Crippen LogP contribution in [0.15, 0.2) is 36.4 Å². The quantitative estimate of drug-likeness (QED) is 0.665. The van der Waals surface area contributed by atoms with E-state index in [9.17, 15) is 0 Å². The Morgan fingerprint density at radius 3 is 1.65 bits per heavy atom. The number of aryl methyl sites for hydroxylation is 4. The summed E-state index contributed by atoms with van der Waals surface area (Å²) in [6, 6.07) is 14.0. The second-order valence-corrected chi connectivity index (χ2v) is 6.63. The fourth-order valence-corrected chi connectivity index (χ4v) is 3.62. The maximum absolute atomic E-state index is 2.41. The van der Waals surface area contributed by atoms with Gasteiger partial charge in [-0.1, -0.05) is 61.4 Å². The number of fused-ring (bicyclic) bond motifs is 2. The van der Waals surface area contributed by atoms with Gasteiger partial charge in [-0.3, -0.25) is 0 Å². The Balaban J connectivity index is 2.24. The van der Waals surface area contributed by atoms with Crippen LogP contribution in [0.3, 0.4) is 0 Å². The molecule has 1 aliphatic rings. The number of benzene rings is 2. The van der Waals surface area contributed by atoms with Crippen LogP contribution >= 0.6 is 0 Å². The predicted molar refractivity (Wildman–Crippen MR) is 86.4 cm³/mol. The molecule has 0 heteroatoms. The molecule has 0 spiro atoms. The zero-order valence-electron chi connectivity index (χ0n) is 13.0. The smallest absolute Gasteiger partial charge is 0.0118 e. The van der Waals surface area contributed by atoms with Gasteiger partial charge in [-0.2, -0.15) is 0 Å². The van der Waals surface area contributed by atoms with Crippen LogP contribution in [-0.2, 0) is 12.8 Å². The molecule has 0 heterocycles. The molecule has 0 nitrogen and oxygen atoms in total. The van der Waals surface area contributed by atoms with E-state index in [-0.39, 0.29) is 0 Å². The summed E-state index contributed by atoms with van der Waals surface area (Å²) < 4.78 is 0. The van der Waals surface area contributed by atoms with E-state index in [0.29, 0.717) is 11.8 Å². The van der Waals surface area contributed by atoms with Gasteiger partial charge in [0.15, 0.2) is 0 Å². The minimum atomic E-state index is 0.544. The van der Waals surface area contributed by atoms with Crippen LogP contribution in [0.2, 0.25) is 0 Å². The summed E-state index contributed by atoms with van der Waals surface area (Å²) in [6.07, 6.45) is 2.35. The summed E-state index contributed by atoms with van der Waals surface area (Å²) in [6.45, 7) is 9.13. The van der Waals surface area contributed by atoms with Crippen molar-refractivity contribution in [1.82, 2.24) is 0 Å². The third-order valence-corrected chi connectivity index (χ3v) is 4.60. The summed E-state index contributed by atoms with van der Waals surface area (Å²) >= 11 is 0. The molecule has 2 aromatic carbocycles. The van der Waals surface area contributed by atoms with Crippen LogP contribution in [0.25, 0.3) is 0 Å². The van der Waals surface area contributed by atoms with Crippen LogP contribution in [0.5, 0.6) is 0 Å². The van der Waals surface area contributed by atoms with Crippen molar-refractivity contribution in [3.63, 3.8) is 0 Å². The molecule has 0 fully saturated rings. The monoisotopic (exact) mass is 264 g/mol. The third kappa shape index (κ3) is 2.28. The molecule has 0 aromatic heterocycles. The number of hydrogen-bond donors (Lipinski definition) is 0. The Kier molecular flexibility index (Phi) is 3.41. The lowest BCUT2D eigenvalue weighted by Gasteiger charge is -2.25. The van der Waals surface area contributed by atoms with Crippen LogP contribution in [-0.4, -0.2) is 0 Å². The maximum Gasteiger partial charge on any atom is 0.0118 e. The van der Waals surface area contributed by atoms with Crippen molar-refractivity contribution in [2.24, 2.45) is 5.92 Å². The van der Waals surface area contributed by atoms with Gasteiger partial charge in [0.1, 0.15) is 0 Å². The molecule has 0 aliphatic heterocycles. The van der Waals surface area contributed by atoms with Crippen molar-refractivity contribution in [3.8, 4) is 0 Å². The molecule has 0 bridgehead atoms. The minimum absolute atomic E-state index is 0.544. The first-order valence-corrected chi connectivity index (χ1v) is 7.75. The van der Waals surface area contributed by atoms with Gasteiger partial charge in [0.05, 0.1) is 0 Å². The van der Waals surface area contributed by atoms with Gasteiger partial charge < -0.3 is 0 Å². The average Bonchev–Trinajstić information content (AvgIpc) is 2.54. The first kappa shape index (κ1) is 13.4. The topological polar surface area (TPSA) is 0 Å². The first-order chi connectivity index (χ1) is 9.56. The highest BCUT2D eigenvalue weighted by molar-refractivity contribution is 5.47. The third-order valence-electron chi connectivity index (χ3n) is 4.60. The molecular formula is C20H24. The lowest BCUT2D eigenvalue weighted by molar-refractivity contribution is 0.561. The lowest BCUT2D eigenvalue weighted by Crippen LogP contribution is -2.11. The normalized spacial score (nSPS) is 14.8. The molecule has 0 saturated carbocycles. The van der Waals surface area contributed by atoms with E-state index >= 15 is 0 Å². The van der Waals surface area contributed by atoms with Gasteiger partial charge >= 0.3 is 0 Å². The first-order valence-electron chi connectivity index (χ1n) is 7.75. The summed E-state index contributed by atoms with van der Waals surface area (Å²) in [4.78, 5) is 0. The van der Waals surface area contributed by atoms with Gasteiger partial charge in [0, 0.05) is 5.92 Å². The number of hydrogen-bond acceptors (Lipinski definition) is 0. The Morgan fingerprint density at radius 1 is 0.800 bits per heavy atom. The Bertz CT molecular complexity index is 581. The highest BCUT2D eigenvalue weighted by atomic mass is 14.3. The van der Waals surface area contributed by atoms with Crippen molar-refractivity contribution < 1.29 is 0 Å². The molecule has 2 aromatic rings. The van der Waals surface area contributed by atoms with Gasteiger partial charge in [-0.25, -0.2) is 0 Å². The van der Waals surface area contributed by atoms with E-state index in [4.69, 9.17) is 0 Å². The molecule has 0 amide bonds. The zero-order chi connectivity index (χ0) is 14.3. The lowest BCUT2D eigenvalue weighted by atomic mass is 9.79. The Hall–Kier alpha value is -1.56. The fraction of sp³-hybridized carbons (Fsp3) is 0.400. The standard InChI is InChI=1S/C20H24/c1-13(2)20-18-11-14(3)5-7-16(18)9-10-17-8-6-15(4)12-19(17)20/h5-8,11-13,20H,9-10H2,1-4H3. The summed E-state index contributed by atoms with van der Waals surface area (Å²) in [5.74, 6) is 1.18. The van der Waals surface area contributed by atoms with Gasteiger partial charge in [-0.15, -0.1) is 0 Å². The average molecular weight is 264 g/mol. The summed E-state index contributed by atoms with van der Waals surface area (Å²) in [7, 11) is 0. The molecular weight excluding hydrogens is 240 g/mol. The van der Waals surface area contributed by atoms with E-state index < -0.39 is 0 Å². The van der Waals surface area contributed by atoms with E-state index in [0.717, 1.165) is 0 Å². The predicted octanol–water partition coefficient (Wildman–Crippen LogP) is 5.19. The molecule has 0 unspecified atom stereocenters. The molecule has 0 radical (unpaired) electrons. The van der Waals surface area contributed by atoms with E-state index in [1.807, 2.05) is 0 Å². The second-order valence-electron chi connectivity index (χ2n) is 6.63. The van der Waals surface area contributed by atoms with Crippen molar-refractivity contribution >= 4 is 0 Å². The van der Waals surface area contributed by atoms with Crippen LogP contribution in [0.4, 0.5) is 0 Å². The molecule has 0 atom stereocenters. The maximum atomic E-state index is 2.41. The Morgan fingerprint density at radius 2 is 1.25 bits per heavy atom. The Labute approximate surface area is 122 Å². The van der Waals surface area contributed by atoms with Crippen LogP contribution in [0, 0.1) is 19.8 Å². The molecule has 0 N–H and O–H groups in total. The molecule has 104 valence electrons. The van der Waals surface area contributed by atoms with E-state index in [2.05, 4.69) is 64.1 Å². The fourth-order valence-electron chi connectivity index (χ4n) is 3.62.